The average molecular weight is 278 g/mol. The van der Waals surface area contributed by atoms with E-state index in [1.54, 1.807) is 6.26 Å². The highest BCUT2D eigenvalue weighted by molar-refractivity contribution is 8.02. The van der Waals surface area contributed by atoms with Gasteiger partial charge in [-0.2, -0.15) is 13.2 Å². The van der Waals surface area contributed by atoms with Gasteiger partial charge < -0.3 is 5.32 Å². The highest BCUT2D eigenvalue weighted by Crippen LogP contribution is 2.30. The van der Waals surface area contributed by atoms with E-state index in [1.165, 1.54) is 12.1 Å². The maximum absolute atomic E-state index is 12.3. The summed E-state index contributed by atoms with van der Waals surface area (Å²) in [4.78, 5) is 9.64. The van der Waals surface area contributed by atoms with Crippen LogP contribution in [0.5, 0.6) is 0 Å². The van der Waals surface area contributed by atoms with E-state index in [-0.39, 0.29) is 5.03 Å². The number of anilines is 1. The molecule has 0 spiro atoms. The molecule has 0 aliphatic heterocycles. The van der Waals surface area contributed by atoms with Gasteiger partial charge in [-0.05, 0) is 30.5 Å². The molecule has 1 rings (SSSR count). The Morgan fingerprint density at radius 3 is 2.33 bits per heavy atom. The number of nitro groups is 1. The molecule has 0 bridgehead atoms. The summed E-state index contributed by atoms with van der Waals surface area (Å²) in [7, 11) is 0. The van der Waals surface area contributed by atoms with Crippen molar-refractivity contribution in [3.05, 3.63) is 51.2 Å². The maximum Gasteiger partial charge on any atom is 0.416 e. The fourth-order valence-electron chi connectivity index (χ4n) is 1.12. The van der Waals surface area contributed by atoms with Crippen LogP contribution in [0, 0.1) is 10.1 Å². The van der Waals surface area contributed by atoms with Crippen LogP contribution < -0.4 is 5.32 Å². The van der Waals surface area contributed by atoms with E-state index in [9.17, 15) is 23.3 Å². The van der Waals surface area contributed by atoms with Crippen LogP contribution in [-0.4, -0.2) is 11.2 Å². The number of benzene rings is 1. The topological polar surface area (TPSA) is 55.2 Å². The summed E-state index contributed by atoms with van der Waals surface area (Å²) in [5, 5.41) is 13.2. The monoisotopic (exact) mass is 278 g/mol. The smallest absolute Gasteiger partial charge is 0.345 e. The highest BCUT2D eigenvalue weighted by Gasteiger charge is 2.29. The Balaban J connectivity index is 2.84. The molecule has 8 heteroatoms. The second-order valence-electron chi connectivity index (χ2n) is 3.18. The molecule has 0 radical (unpaired) electrons. The van der Waals surface area contributed by atoms with Gasteiger partial charge in [0.2, 0.25) is 0 Å². The first-order chi connectivity index (χ1) is 8.32. The molecule has 1 aromatic rings. The van der Waals surface area contributed by atoms with Gasteiger partial charge in [-0.25, -0.2) is 0 Å². The van der Waals surface area contributed by atoms with E-state index in [4.69, 9.17) is 0 Å². The van der Waals surface area contributed by atoms with Crippen LogP contribution in [0.25, 0.3) is 0 Å². The molecule has 18 heavy (non-hydrogen) atoms. The van der Waals surface area contributed by atoms with Crippen LogP contribution in [-0.2, 0) is 6.18 Å². The minimum atomic E-state index is -4.39. The lowest BCUT2D eigenvalue weighted by Gasteiger charge is -2.09. The lowest BCUT2D eigenvalue weighted by Crippen LogP contribution is -2.05. The van der Waals surface area contributed by atoms with Crippen molar-refractivity contribution in [1.29, 1.82) is 0 Å². The zero-order valence-electron chi connectivity index (χ0n) is 9.19. The van der Waals surface area contributed by atoms with Crippen LogP contribution >= 0.6 is 11.8 Å². The van der Waals surface area contributed by atoms with Crippen LogP contribution in [0.1, 0.15) is 5.56 Å². The van der Waals surface area contributed by atoms with Gasteiger partial charge in [0.15, 0.2) is 0 Å². The molecule has 98 valence electrons. The minimum absolute atomic E-state index is 0.236. The van der Waals surface area contributed by atoms with Gasteiger partial charge in [-0.1, -0.05) is 0 Å². The van der Waals surface area contributed by atoms with E-state index in [0.717, 1.165) is 30.1 Å². The van der Waals surface area contributed by atoms with Gasteiger partial charge in [0, 0.05) is 5.69 Å². The molecular formula is C10H9F3N2O2S. The summed E-state index contributed by atoms with van der Waals surface area (Å²) in [6.45, 7) is 0. The van der Waals surface area contributed by atoms with Crippen LogP contribution in [0.2, 0.25) is 0 Å². The minimum Gasteiger partial charge on any atom is -0.345 e. The summed E-state index contributed by atoms with van der Waals surface area (Å²) in [5.41, 5.74) is -0.414. The molecule has 0 unspecified atom stereocenters. The molecule has 0 amide bonds. The molecule has 0 saturated heterocycles. The normalized spacial score (nSPS) is 12.3. The molecule has 0 aliphatic carbocycles. The van der Waals surface area contributed by atoms with Crippen molar-refractivity contribution in [2.45, 2.75) is 6.18 Å². The number of nitrogens with one attached hydrogen (secondary N) is 1. The zero-order chi connectivity index (χ0) is 13.8. The third-order valence-corrected chi connectivity index (χ3v) is 2.57. The van der Waals surface area contributed by atoms with E-state index in [0.29, 0.717) is 5.69 Å². The summed E-state index contributed by atoms with van der Waals surface area (Å²) < 4.78 is 36.9. The Morgan fingerprint density at radius 2 is 1.94 bits per heavy atom. The second kappa shape index (κ2) is 5.76. The fraction of sp³-hybridized carbons (Fsp3) is 0.200. The molecule has 0 aromatic heterocycles. The van der Waals surface area contributed by atoms with Gasteiger partial charge in [0.1, 0.15) is 5.03 Å². The first kappa shape index (κ1) is 14.4. The van der Waals surface area contributed by atoms with Gasteiger partial charge in [0.05, 0.1) is 10.5 Å². The predicted molar refractivity (Wildman–Crippen MR) is 63.7 cm³/mol. The largest absolute Gasteiger partial charge is 0.416 e. The molecule has 4 nitrogen and oxygen atoms in total. The summed E-state index contributed by atoms with van der Waals surface area (Å²) in [6, 6.07) is 4.25. The lowest BCUT2D eigenvalue weighted by atomic mass is 10.2. The Morgan fingerprint density at radius 1 is 1.39 bits per heavy atom. The summed E-state index contributed by atoms with van der Waals surface area (Å²) in [6.07, 6.45) is -2.02. The zero-order valence-corrected chi connectivity index (χ0v) is 10.0. The van der Waals surface area contributed by atoms with Gasteiger partial charge in [-0.15, -0.1) is 11.8 Å². The van der Waals surface area contributed by atoms with E-state index < -0.39 is 16.7 Å². The summed E-state index contributed by atoms with van der Waals surface area (Å²) in [5.74, 6) is 0. The third-order valence-electron chi connectivity index (χ3n) is 1.92. The molecule has 1 N–H and O–H groups in total. The molecule has 0 aliphatic rings. The van der Waals surface area contributed by atoms with Gasteiger partial charge >= 0.3 is 6.18 Å². The Kier molecular flexibility index (Phi) is 4.60. The molecule has 0 atom stereocenters. The first-order valence-electron chi connectivity index (χ1n) is 4.66. The lowest BCUT2D eigenvalue weighted by molar-refractivity contribution is -0.402. The van der Waals surface area contributed by atoms with Crippen molar-refractivity contribution in [3.63, 3.8) is 0 Å². The van der Waals surface area contributed by atoms with Crippen LogP contribution in [0.4, 0.5) is 18.9 Å². The number of hydrogen-bond acceptors (Lipinski definition) is 4. The van der Waals surface area contributed by atoms with Crippen molar-refractivity contribution in [2.75, 3.05) is 11.6 Å². The molecule has 0 saturated carbocycles. The Labute approximate surface area is 105 Å². The van der Waals surface area contributed by atoms with Gasteiger partial charge in [-0.3, -0.25) is 10.1 Å². The van der Waals surface area contributed by atoms with Crippen molar-refractivity contribution >= 4 is 17.4 Å². The predicted octanol–water partition coefficient (Wildman–Crippen LogP) is 3.56. The molecule has 1 aromatic carbocycles. The quantitative estimate of drug-likeness (QED) is 0.676. The number of thioether (sulfide) groups is 1. The fourth-order valence-corrected chi connectivity index (χ4v) is 1.53. The standard InChI is InChI=1S/C10H9F3N2O2S/c1-18-9(6-15(16)17)14-8-4-2-7(3-5-8)10(11,12)13/h2-6,14H,1H3. The SMILES string of the molecule is CSC(=C[N+](=O)[O-])Nc1ccc(C(F)(F)F)cc1. The van der Waals surface area contributed by atoms with Crippen molar-refractivity contribution < 1.29 is 18.1 Å². The number of hydrogen-bond donors (Lipinski definition) is 1. The number of halogens is 3. The van der Waals surface area contributed by atoms with Crippen molar-refractivity contribution in [1.82, 2.24) is 0 Å². The third kappa shape index (κ3) is 4.28. The van der Waals surface area contributed by atoms with Crippen molar-refractivity contribution in [2.24, 2.45) is 0 Å². The molecular weight excluding hydrogens is 269 g/mol. The Bertz CT molecular complexity index is 457. The van der Waals surface area contributed by atoms with Crippen LogP contribution in [0.3, 0.4) is 0 Å². The highest BCUT2D eigenvalue weighted by atomic mass is 32.2. The molecule has 0 fully saturated rings. The second-order valence-corrected chi connectivity index (χ2v) is 4.03. The van der Waals surface area contributed by atoms with Gasteiger partial charge in [0.25, 0.3) is 6.20 Å². The van der Waals surface area contributed by atoms with E-state index in [1.807, 2.05) is 0 Å². The van der Waals surface area contributed by atoms with E-state index >= 15 is 0 Å². The average Bonchev–Trinajstić information content (AvgIpc) is 2.27. The molecule has 0 heterocycles. The summed E-state index contributed by atoms with van der Waals surface area (Å²) >= 11 is 1.09. The number of rotatable bonds is 4. The Hall–Kier alpha value is -1.70. The maximum atomic E-state index is 12.3. The van der Waals surface area contributed by atoms with E-state index in [2.05, 4.69) is 5.32 Å². The first-order valence-corrected chi connectivity index (χ1v) is 5.89. The van der Waals surface area contributed by atoms with Crippen LogP contribution in [0.15, 0.2) is 35.5 Å². The number of nitrogens with zero attached hydrogens (tertiary/aromatic N) is 1. The van der Waals surface area contributed by atoms with Crippen molar-refractivity contribution in [3.8, 4) is 0 Å². The number of alkyl halides is 3.